The van der Waals surface area contributed by atoms with Gasteiger partial charge in [-0.2, -0.15) is 13.2 Å². The van der Waals surface area contributed by atoms with E-state index in [-0.39, 0.29) is 11.6 Å². The lowest BCUT2D eigenvalue weighted by atomic mass is 9.93. The van der Waals surface area contributed by atoms with Crippen LogP contribution in [-0.2, 0) is 0 Å². The second-order valence-electron chi connectivity index (χ2n) is 2.99. The topological polar surface area (TPSA) is 12.4 Å². The molecule has 1 aliphatic heterocycles. The summed E-state index contributed by atoms with van der Waals surface area (Å²) in [5.41, 5.74) is -0.581. The summed E-state index contributed by atoms with van der Waals surface area (Å²) in [5.74, 6) is -0.342. The SMILES string of the molecule is FC(F)(F)C1=CC(Br)=C[C@@H]2C=CN=C12. The van der Waals surface area contributed by atoms with E-state index in [4.69, 9.17) is 0 Å². The van der Waals surface area contributed by atoms with Crippen LogP contribution in [0.5, 0.6) is 0 Å². The zero-order valence-electron chi connectivity index (χ0n) is 6.85. The summed E-state index contributed by atoms with van der Waals surface area (Å²) in [4.78, 5) is 3.72. The van der Waals surface area contributed by atoms with Gasteiger partial charge < -0.3 is 0 Å². The zero-order chi connectivity index (χ0) is 10.3. The summed E-state index contributed by atoms with van der Waals surface area (Å²) in [6, 6.07) is 0. The Morgan fingerprint density at radius 2 is 2.07 bits per heavy atom. The van der Waals surface area contributed by atoms with Crippen LogP contribution >= 0.6 is 15.9 Å². The second-order valence-corrected chi connectivity index (χ2v) is 3.90. The summed E-state index contributed by atoms with van der Waals surface area (Å²) in [6.07, 6.45) is 1.45. The van der Waals surface area contributed by atoms with Crippen LogP contribution in [-0.4, -0.2) is 11.9 Å². The fourth-order valence-corrected chi connectivity index (χ4v) is 1.95. The van der Waals surface area contributed by atoms with Crippen LogP contribution in [0, 0.1) is 5.92 Å². The summed E-state index contributed by atoms with van der Waals surface area (Å²) < 4.78 is 38.0. The van der Waals surface area contributed by atoms with Crippen molar-refractivity contribution in [2.24, 2.45) is 10.9 Å². The van der Waals surface area contributed by atoms with Gasteiger partial charge in [-0.1, -0.05) is 28.1 Å². The highest BCUT2D eigenvalue weighted by Crippen LogP contribution is 2.37. The number of alkyl halides is 3. The van der Waals surface area contributed by atoms with Crippen molar-refractivity contribution in [2.75, 3.05) is 0 Å². The Morgan fingerprint density at radius 3 is 2.71 bits per heavy atom. The molecule has 0 amide bonds. The third-order valence-electron chi connectivity index (χ3n) is 2.03. The Labute approximate surface area is 86.8 Å². The van der Waals surface area contributed by atoms with E-state index in [1.807, 2.05) is 0 Å². The van der Waals surface area contributed by atoms with Crippen LogP contribution in [0.3, 0.4) is 0 Å². The highest BCUT2D eigenvalue weighted by Gasteiger charge is 2.40. The van der Waals surface area contributed by atoms with E-state index in [9.17, 15) is 13.2 Å². The number of rotatable bonds is 0. The summed E-state index contributed by atoms with van der Waals surface area (Å²) in [5, 5.41) is 0. The van der Waals surface area contributed by atoms with E-state index in [0.29, 0.717) is 4.48 Å². The minimum absolute atomic E-state index is 0.0840. The molecule has 0 spiro atoms. The van der Waals surface area contributed by atoms with Gasteiger partial charge in [0.1, 0.15) is 0 Å². The van der Waals surface area contributed by atoms with Crippen molar-refractivity contribution >= 4 is 21.6 Å². The van der Waals surface area contributed by atoms with Gasteiger partial charge in [-0.25, -0.2) is 0 Å². The number of nitrogens with zero attached hydrogens (tertiary/aromatic N) is 1. The maximum atomic E-state index is 12.5. The van der Waals surface area contributed by atoms with E-state index >= 15 is 0 Å². The van der Waals surface area contributed by atoms with Crippen molar-refractivity contribution in [3.8, 4) is 0 Å². The molecule has 0 N–H and O–H groups in total. The molecule has 2 aliphatic rings. The van der Waals surface area contributed by atoms with E-state index in [1.54, 1.807) is 12.2 Å². The molecule has 2 rings (SSSR count). The molecule has 1 aliphatic carbocycles. The molecule has 0 unspecified atom stereocenters. The van der Waals surface area contributed by atoms with E-state index in [1.165, 1.54) is 6.20 Å². The van der Waals surface area contributed by atoms with E-state index in [2.05, 4.69) is 20.9 Å². The average Bonchev–Trinajstić information content (AvgIpc) is 2.47. The molecule has 14 heavy (non-hydrogen) atoms. The molecule has 5 heteroatoms. The van der Waals surface area contributed by atoms with Gasteiger partial charge in [-0.15, -0.1) is 0 Å². The van der Waals surface area contributed by atoms with Crippen LogP contribution in [0.2, 0.25) is 0 Å². The molecule has 0 aromatic carbocycles. The molecule has 0 fully saturated rings. The smallest absolute Gasteiger partial charge is 0.260 e. The van der Waals surface area contributed by atoms with Crippen LogP contribution in [0.15, 0.2) is 39.5 Å². The largest absolute Gasteiger partial charge is 0.418 e. The molecule has 1 heterocycles. The van der Waals surface area contributed by atoms with Gasteiger partial charge in [0.25, 0.3) is 0 Å². The number of fused-ring (bicyclic) bond motifs is 1. The fourth-order valence-electron chi connectivity index (χ4n) is 1.44. The first-order chi connectivity index (χ1) is 6.48. The monoisotopic (exact) mass is 263 g/mol. The molecule has 0 aromatic rings. The first-order valence-electron chi connectivity index (χ1n) is 3.89. The fraction of sp³-hybridized carbons (Fsp3) is 0.222. The van der Waals surface area contributed by atoms with Crippen molar-refractivity contribution in [1.29, 1.82) is 0 Å². The van der Waals surface area contributed by atoms with Crippen LogP contribution in [0.1, 0.15) is 0 Å². The molecule has 0 saturated carbocycles. The Bertz CT molecular complexity index is 387. The first kappa shape index (κ1) is 9.71. The van der Waals surface area contributed by atoms with Gasteiger partial charge in [-0.3, -0.25) is 4.99 Å². The number of halogens is 4. The molecular weight excluding hydrogens is 259 g/mol. The predicted octanol–water partition coefficient (Wildman–Crippen LogP) is 3.35. The highest BCUT2D eigenvalue weighted by atomic mass is 79.9. The lowest BCUT2D eigenvalue weighted by Crippen LogP contribution is -2.25. The van der Waals surface area contributed by atoms with Gasteiger partial charge in [0, 0.05) is 16.6 Å². The standard InChI is InChI=1S/C9H5BrF3N/c10-6-3-5-1-2-14-8(5)7(4-6)9(11,12)13/h1-5H/t5-/m0/s1. The van der Waals surface area contributed by atoms with Gasteiger partial charge in [0.2, 0.25) is 0 Å². The molecular formula is C9H5BrF3N. The third-order valence-corrected chi connectivity index (χ3v) is 2.52. The molecule has 0 bridgehead atoms. The van der Waals surface area contributed by atoms with E-state index < -0.39 is 11.7 Å². The molecule has 0 radical (unpaired) electrons. The van der Waals surface area contributed by atoms with Crippen molar-refractivity contribution in [3.63, 3.8) is 0 Å². The maximum Gasteiger partial charge on any atom is 0.418 e. The minimum atomic E-state index is -4.34. The van der Waals surface area contributed by atoms with E-state index in [0.717, 1.165) is 6.08 Å². The quantitative estimate of drug-likeness (QED) is 0.636. The van der Waals surface area contributed by atoms with Crippen LogP contribution in [0.25, 0.3) is 0 Å². The van der Waals surface area contributed by atoms with Crippen LogP contribution in [0.4, 0.5) is 13.2 Å². The summed E-state index contributed by atoms with van der Waals surface area (Å²) in [6.45, 7) is 0. The van der Waals surface area contributed by atoms with Gasteiger partial charge in [-0.05, 0) is 6.08 Å². The number of hydrogen-bond acceptors (Lipinski definition) is 1. The first-order valence-corrected chi connectivity index (χ1v) is 4.69. The molecule has 74 valence electrons. The zero-order valence-corrected chi connectivity index (χ0v) is 8.43. The molecule has 0 aromatic heterocycles. The lowest BCUT2D eigenvalue weighted by molar-refractivity contribution is -0.0863. The second kappa shape index (κ2) is 3.08. The van der Waals surface area contributed by atoms with Gasteiger partial charge >= 0.3 is 6.18 Å². The average molecular weight is 264 g/mol. The maximum absolute atomic E-state index is 12.5. The summed E-state index contributed by atoms with van der Waals surface area (Å²) in [7, 11) is 0. The molecule has 0 saturated heterocycles. The normalized spacial score (nSPS) is 25.4. The number of hydrogen-bond donors (Lipinski definition) is 0. The van der Waals surface area contributed by atoms with Crippen molar-refractivity contribution in [1.82, 2.24) is 0 Å². The van der Waals surface area contributed by atoms with Crippen molar-refractivity contribution in [2.45, 2.75) is 6.18 Å². The van der Waals surface area contributed by atoms with Gasteiger partial charge in [0.05, 0.1) is 11.3 Å². The Hall–Kier alpha value is -0.840. The molecule has 1 nitrogen and oxygen atoms in total. The summed E-state index contributed by atoms with van der Waals surface area (Å²) >= 11 is 3.05. The van der Waals surface area contributed by atoms with Gasteiger partial charge in [0.15, 0.2) is 0 Å². The predicted molar refractivity (Wildman–Crippen MR) is 51.2 cm³/mol. The lowest BCUT2D eigenvalue weighted by Gasteiger charge is -2.19. The Morgan fingerprint density at radius 1 is 1.36 bits per heavy atom. The van der Waals surface area contributed by atoms with Crippen molar-refractivity contribution < 1.29 is 13.2 Å². The highest BCUT2D eigenvalue weighted by molar-refractivity contribution is 9.11. The third kappa shape index (κ3) is 1.56. The molecule has 1 atom stereocenters. The van der Waals surface area contributed by atoms with Crippen molar-refractivity contribution in [3.05, 3.63) is 34.5 Å². The number of allylic oxidation sites excluding steroid dienone is 5. The Balaban J connectivity index is 2.46. The Kier molecular flexibility index (Phi) is 2.14. The minimum Gasteiger partial charge on any atom is -0.260 e. The number of aliphatic imine (C=N–C) groups is 1. The van der Waals surface area contributed by atoms with Crippen LogP contribution < -0.4 is 0 Å².